The normalized spacial score (nSPS) is 18.3. The Morgan fingerprint density at radius 3 is 2.90 bits per heavy atom. The molecule has 0 bridgehead atoms. The molecular weight excluding hydrogens is 302 g/mol. The van der Waals surface area contributed by atoms with Crippen LogP contribution < -0.4 is 10.5 Å². The SMILES string of the molecule is CC(N)c1ccc(OCC2CSc3ccccc32)c(Cl)c1. The molecule has 1 aliphatic rings. The van der Waals surface area contributed by atoms with Gasteiger partial charge in [0, 0.05) is 22.6 Å². The molecule has 2 N–H and O–H groups in total. The molecule has 1 aliphatic heterocycles. The zero-order valence-electron chi connectivity index (χ0n) is 11.9. The quantitative estimate of drug-likeness (QED) is 0.892. The van der Waals surface area contributed by atoms with Crippen LogP contribution in [0.2, 0.25) is 5.02 Å². The Hall–Kier alpha value is -1.16. The van der Waals surface area contributed by atoms with Gasteiger partial charge >= 0.3 is 0 Å². The van der Waals surface area contributed by atoms with Gasteiger partial charge in [-0.15, -0.1) is 11.8 Å². The second-order valence-corrected chi connectivity index (χ2v) is 6.80. The largest absolute Gasteiger partial charge is 0.491 e. The van der Waals surface area contributed by atoms with Crippen LogP contribution in [0.1, 0.15) is 30.0 Å². The Balaban J connectivity index is 1.69. The highest BCUT2D eigenvalue weighted by molar-refractivity contribution is 7.99. The van der Waals surface area contributed by atoms with E-state index in [-0.39, 0.29) is 6.04 Å². The Morgan fingerprint density at radius 2 is 2.14 bits per heavy atom. The highest BCUT2D eigenvalue weighted by Crippen LogP contribution is 2.39. The maximum Gasteiger partial charge on any atom is 0.137 e. The van der Waals surface area contributed by atoms with Gasteiger partial charge in [-0.1, -0.05) is 35.9 Å². The summed E-state index contributed by atoms with van der Waals surface area (Å²) < 4.78 is 5.93. The van der Waals surface area contributed by atoms with Crippen molar-refractivity contribution in [3.05, 3.63) is 58.6 Å². The van der Waals surface area contributed by atoms with Crippen LogP contribution in [0.4, 0.5) is 0 Å². The lowest BCUT2D eigenvalue weighted by molar-refractivity contribution is 0.298. The van der Waals surface area contributed by atoms with Crippen molar-refractivity contribution in [1.82, 2.24) is 0 Å². The number of benzene rings is 2. The lowest BCUT2D eigenvalue weighted by Crippen LogP contribution is -2.10. The van der Waals surface area contributed by atoms with E-state index in [1.165, 1.54) is 10.5 Å². The molecule has 2 atom stereocenters. The summed E-state index contributed by atoms with van der Waals surface area (Å²) in [6.07, 6.45) is 0. The van der Waals surface area contributed by atoms with Crippen molar-refractivity contribution in [3.8, 4) is 5.75 Å². The van der Waals surface area contributed by atoms with Crippen molar-refractivity contribution in [2.45, 2.75) is 23.8 Å². The number of nitrogens with two attached hydrogens (primary N) is 1. The van der Waals surface area contributed by atoms with Crippen LogP contribution in [-0.4, -0.2) is 12.4 Å². The van der Waals surface area contributed by atoms with E-state index in [0.29, 0.717) is 17.5 Å². The molecule has 2 aromatic carbocycles. The van der Waals surface area contributed by atoms with Gasteiger partial charge in [0.05, 0.1) is 11.6 Å². The fourth-order valence-corrected chi connectivity index (χ4v) is 3.95. The van der Waals surface area contributed by atoms with E-state index in [1.807, 2.05) is 36.9 Å². The summed E-state index contributed by atoms with van der Waals surface area (Å²) in [5, 5.41) is 0.628. The third-order valence-corrected chi connectivity index (χ3v) is 5.27. The van der Waals surface area contributed by atoms with Gasteiger partial charge in [-0.2, -0.15) is 0 Å². The minimum absolute atomic E-state index is 0.0188. The number of hydrogen-bond acceptors (Lipinski definition) is 3. The lowest BCUT2D eigenvalue weighted by Gasteiger charge is -2.15. The first kappa shape index (κ1) is 14.8. The molecule has 0 saturated heterocycles. The molecule has 2 nitrogen and oxygen atoms in total. The highest BCUT2D eigenvalue weighted by atomic mass is 35.5. The number of thioether (sulfide) groups is 1. The second-order valence-electron chi connectivity index (χ2n) is 5.34. The van der Waals surface area contributed by atoms with Crippen LogP contribution >= 0.6 is 23.4 Å². The molecule has 21 heavy (non-hydrogen) atoms. The molecule has 0 fully saturated rings. The topological polar surface area (TPSA) is 35.2 Å². The maximum absolute atomic E-state index is 6.27. The van der Waals surface area contributed by atoms with Crippen LogP contribution in [0.15, 0.2) is 47.4 Å². The molecule has 110 valence electrons. The van der Waals surface area contributed by atoms with Crippen LogP contribution in [0.5, 0.6) is 5.75 Å². The average Bonchev–Trinajstić information content (AvgIpc) is 2.89. The maximum atomic E-state index is 6.27. The molecule has 4 heteroatoms. The predicted octanol–water partition coefficient (Wildman–Crippen LogP) is 4.63. The molecule has 1 heterocycles. The van der Waals surface area contributed by atoms with Gasteiger partial charge in [-0.05, 0) is 36.2 Å². The standard InChI is InChI=1S/C17H18ClNOS/c1-11(19)12-6-7-16(15(18)8-12)20-9-13-10-21-17-5-3-2-4-14(13)17/h2-8,11,13H,9-10,19H2,1H3. The van der Waals surface area contributed by atoms with E-state index in [9.17, 15) is 0 Å². The Kier molecular flexibility index (Phi) is 4.43. The van der Waals surface area contributed by atoms with Gasteiger partial charge < -0.3 is 10.5 Å². The van der Waals surface area contributed by atoms with E-state index in [0.717, 1.165) is 17.1 Å². The summed E-state index contributed by atoms with van der Waals surface area (Å²) in [6, 6.07) is 14.3. The molecule has 2 aromatic rings. The van der Waals surface area contributed by atoms with E-state index in [1.54, 1.807) is 0 Å². The Morgan fingerprint density at radius 1 is 1.33 bits per heavy atom. The number of ether oxygens (including phenoxy) is 1. The minimum Gasteiger partial charge on any atom is -0.491 e. The van der Waals surface area contributed by atoms with Crippen molar-refractivity contribution < 1.29 is 4.74 Å². The van der Waals surface area contributed by atoms with Crippen molar-refractivity contribution in [2.75, 3.05) is 12.4 Å². The molecular formula is C17H18ClNOS. The first-order chi connectivity index (χ1) is 10.1. The minimum atomic E-state index is -0.0188. The second kappa shape index (κ2) is 6.30. The summed E-state index contributed by atoms with van der Waals surface area (Å²) >= 11 is 8.17. The van der Waals surface area contributed by atoms with Crippen molar-refractivity contribution in [3.63, 3.8) is 0 Å². The van der Waals surface area contributed by atoms with Crippen molar-refractivity contribution in [1.29, 1.82) is 0 Å². The van der Waals surface area contributed by atoms with Crippen LogP contribution in [-0.2, 0) is 0 Å². The first-order valence-corrected chi connectivity index (χ1v) is 8.41. The summed E-state index contributed by atoms with van der Waals surface area (Å²) in [4.78, 5) is 1.37. The third-order valence-electron chi connectivity index (χ3n) is 3.72. The van der Waals surface area contributed by atoms with Crippen molar-refractivity contribution >= 4 is 23.4 Å². The summed E-state index contributed by atoms with van der Waals surface area (Å²) in [7, 11) is 0. The molecule has 0 aliphatic carbocycles. The van der Waals surface area contributed by atoms with E-state index in [4.69, 9.17) is 22.1 Å². The van der Waals surface area contributed by atoms with Crippen molar-refractivity contribution in [2.24, 2.45) is 5.73 Å². The average molecular weight is 320 g/mol. The first-order valence-electron chi connectivity index (χ1n) is 7.04. The van der Waals surface area contributed by atoms with Gasteiger partial charge in [-0.3, -0.25) is 0 Å². The number of fused-ring (bicyclic) bond motifs is 1. The number of hydrogen-bond donors (Lipinski definition) is 1. The van der Waals surface area contributed by atoms with E-state index in [2.05, 4.69) is 24.3 Å². The molecule has 3 rings (SSSR count). The number of rotatable bonds is 4. The molecule has 0 aromatic heterocycles. The smallest absolute Gasteiger partial charge is 0.137 e. The van der Waals surface area contributed by atoms with Gasteiger partial charge in [0.2, 0.25) is 0 Å². The van der Waals surface area contributed by atoms with E-state index < -0.39 is 0 Å². The predicted molar refractivity (Wildman–Crippen MR) is 89.5 cm³/mol. The van der Waals surface area contributed by atoms with Gasteiger partial charge in [0.25, 0.3) is 0 Å². The fraction of sp³-hybridized carbons (Fsp3) is 0.294. The van der Waals surface area contributed by atoms with Crippen LogP contribution in [0.3, 0.4) is 0 Å². The summed E-state index contributed by atoms with van der Waals surface area (Å²) in [5.74, 6) is 2.22. The van der Waals surface area contributed by atoms with Crippen LogP contribution in [0.25, 0.3) is 0 Å². The van der Waals surface area contributed by atoms with E-state index >= 15 is 0 Å². The van der Waals surface area contributed by atoms with Gasteiger partial charge in [-0.25, -0.2) is 0 Å². The number of halogens is 1. The van der Waals surface area contributed by atoms with Crippen LogP contribution in [0, 0.1) is 0 Å². The lowest BCUT2D eigenvalue weighted by atomic mass is 10.0. The summed E-state index contributed by atoms with van der Waals surface area (Å²) in [5.41, 5.74) is 8.26. The van der Waals surface area contributed by atoms with Gasteiger partial charge in [0.15, 0.2) is 0 Å². The highest BCUT2D eigenvalue weighted by Gasteiger charge is 2.23. The fourth-order valence-electron chi connectivity index (χ4n) is 2.48. The third kappa shape index (κ3) is 3.20. The molecule has 2 unspecified atom stereocenters. The molecule has 0 amide bonds. The van der Waals surface area contributed by atoms with Gasteiger partial charge in [0.1, 0.15) is 5.75 Å². The zero-order chi connectivity index (χ0) is 14.8. The Bertz CT molecular complexity index is 644. The molecule has 0 spiro atoms. The zero-order valence-corrected chi connectivity index (χ0v) is 13.5. The molecule has 0 radical (unpaired) electrons. The summed E-state index contributed by atoms with van der Waals surface area (Å²) in [6.45, 7) is 2.60. The Labute approximate surface area is 134 Å². The molecule has 0 saturated carbocycles. The monoisotopic (exact) mass is 319 g/mol.